The third kappa shape index (κ3) is 3.65. The van der Waals surface area contributed by atoms with E-state index in [1.165, 1.54) is 0 Å². The normalized spacial score (nSPS) is 18.4. The number of benzene rings is 1. The molecule has 0 saturated heterocycles. The highest BCUT2D eigenvalue weighted by Crippen LogP contribution is 2.37. The first-order chi connectivity index (χ1) is 9.73. The summed E-state index contributed by atoms with van der Waals surface area (Å²) in [5.41, 5.74) is 0.586. The monoisotopic (exact) mass is 308 g/mol. The van der Waals surface area contributed by atoms with Crippen LogP contribution in [0.4, 0.5) is 0 Å². The van der Waals surface area contributed by atoms with Gasteiger partial charge in [0.25, 0.3) is 0 Å². The quantitative estimate of drug-likeness (QED) is 0.629. The lowest BCUT2D eigenvalue weighted by Gasteiger charge is -2.37. The van der Waals surface area contributed by atoms with E-state index in [1.54, 1.807) is 18.2 Å². The lowest BCUT2D eigenvalue weighted by atomic mass is 10.2. The number of carbonyl (C=O) groups is 1. The third-order valence-electron chi connectivity index (χ3n) is 4.26. The summed E-state index contributed by atoms with van der Waals surface area (Å²) in [6, 6.07) is 5.20. The Morgan fingerprint density at radius 3 is 2.67 bits per heavy atom. The van der Waals surface area contributed by atoms with Gasteiger partial charge < -0.3 is 13.9 Å². The van der Waals surface area contributed by atoms with E-state index in [1.807, 2.05) is 0 Å². The molecule has 2 rings (SSSR count). The van der Waals surface area contributed by atoms with Crippen LogP contribution in [-0.2, 0) is 4.43 Å². The van der Waals surface area contributed by atoms with Crippen molar-refractivity contribution in [1.82, 2.24) is 0 Å². The average molecular weight is 308 g/mol. The van der Waals surface area contributed by atoms with E-state index in [-0.39, 0.29) is 11.1 Å². The Balaban J connectivity index is 2.00. The van der Waals surface area contributed by atoms with Crippen LogP contribution in [0.25, 0.3) is 0 Å². The van der Waals surface area contributed by atoms with Crippen LogP contribution in [0.2, 0.25) is 18.1 Å². The Kier molecular flexibility index (Phi) is 4.44. The van der Waals surface area contributed by atoms with E-state index in [0.717, 1.165) is 6.29 Å². The van der Waals surface area contributed by atoms with Gasteiger partial charge in [-0.25, -0.2) is 0 Å². The Labute approximate surface area is 127 Å². The topological polar surface area (TPSA) is 44.8 Å². The van der Waals surface area contributed by atoms with Gasteiger partial charge in [-0.1, -0.05) is 20.8 Å². The molecule has 21 heavy (non-hydrogen) atoms. The maximum Gasteiger partial charge on any atom is 0.192 e. The van der Waals surface area contributed by atoms with Crippen molar-refractivity contribution >= 4 is 14.6 Å². The van der Waals surface area contributed by atoms with E-state index < -0.39 is 8.32 Å². The van der Waals surface area contributed by atoms with Gasteiger partial charge in [0.05, 0.1) is 6.61 Å². The van der Waals surface area contributed by atoms with Crippen LogP contribution in [0.1, 0.15) is 31.1 Å². The van der Waals surface area contributed by atoms with Crippen LogP contribution < -0.4 is 9.47 Å². The van der Waals surface area contributed by atoms with Crippen LogP contribution in [0.5, 0.6) is 11.5 Å². The van der Waals surface area contributed by atoms with E-state index in [9.17, 15) is 4.79 Å². The highest BCUT2D eigenvalue weighted by Gasteiger charge is 2.38. The average Bonchev–Trinajstić information content (AvgIpc) is 2.43. The molecule has 0 aromatic heterocycles. The minimum Gasteiger partial charge on any atom is -0.486 e. The maximum absolute atomic E-state index is 10.8. The van der Waals surface area contributed by atoms with Gasteiger partial charge in [-0.15, -0.1) is 0 Å². The number of hydrogen-bond acceptors (Lipinski definition) is 4. The van der Waals surface area contributed by atoms with Crippen molar-refractivity contribution < 1.29 is 18.7 Å². The zero-order chi connectivity index (χ0) is 15.7. The summed E-state index contributed by atoms with van der Waals surface area (Å²) in [5.74, 6) is 1.30. The molecule has 0 unspecified atom stereocenters. The minimum absolute atomic E-state index is 0.131. The molecule has 1 aromatic carbocycles. The summed E-state index contributed by atoms with van der Waals surface area (Å²) in [7, 11) is -1.79. The van der Waals surface area contributed by atoms with Crippen molar-refractivity contribution in [3.05, 3.63) is 23.8 Å². The number of rotatable bonds is 4. The van der Waals surface area contributed by atoms with Gasteiger partial charge in [0, 0.05) is 5.56 Å². The largest absolute Gasteiger partial charge is 0.486 e. The number of carbonyl (C=O) groups excluding carboxylic acids is 1. The SMILES string of the molecule is CC(C)(C)[Si](C)(C)OC[C@H]1COc2ccc(C=O)cc2O1. The summed E-state index contributed by atoms with van der Waals surface area (Å²) in [6.07, 6.45) is 0.674. The van der Waals surface area contributed by atoms with Crippen molar-refractivity contribution in [3.63, 3.8) is 0 Å². The van der Waals surface area contributed by atoms with Gasteiger partial charge >= 0.3 is 0 Å². The van der Waals surface area contributed by atoms with Crippen LogP contribution in [-0.4, -0.2) is 33.9 Å². The molecule has 1 aliphatic heterocycles. The molecule has 0 saturated carbocycles. The summed E-state index contributed by atoms with van der Waals surface area (Å²) >= 11 is 0. The zero-order valence-electron chi connectivity index (χ0n) is 13.4. The molecule has 4 nitrogen and oxygen atoms in total. The molecule has 1 atom stereocenters. The first-order valence-electron chi connectivity index (χ1n) is 7.25. The van der Waals surface area contributed by atoms with Gasteiger partial charge in [0.15, 0.2) is 25.9 Å². The second kappa shape index (κ2) is 5.81. The molecule has 1 aliphatic rings. The van der Waals surface area contributed by atoms with Crippen LogP contribution in [0.3, 0.4) is 0 Å². The van der Waals surface area contributed by atoms with Crippen molar-refractivity contribution in [2.24, 2.45) is 0 Å². The second-order valence-electron chi connectivity index (χ2n) is 6.95. The summed E-state index contributed by atoms with van der Waals surface area (Å²) in [4.78, 5) is 10.8. The summed E-state index contributed by atoms with van der Waals surface area (Å²) < 4.78 is 17.7. The highest BCUT2D eigenvalue weighted by atomic mass is 28.4. The Morgan fingerprint density at radius 2 is 2.05 bits per heavy atom. The first kappa shape index (κ1) is 16.0. The highest BCUT2D eigenvalue weighted by molar-refractivity contribution is 6.74. The molecule has 0 fully saturated rings. The Morgan fingerprint density at radius 1 is 1.33 bits per heavy atom. The fraction of sp³-hybridized carbons (Fsp3) is 0.562. The van der Waals surface area contributed by atoms with Crippen LogP contribution in [0, 0.1) is 0 Å². The first-order valence-corrected chi connectivity index (χ1v) is 10.2. The molecule has 5 heteroatoms. The number of hydrogen-bond donors (Lipinski definition) is 0. The maximum atomic E-state index is 10.8. The number of ether oxygens (including phenoxy) is 2. The molecule has 0 amide bonds. The number of fused-ring (bicyclic) bond motifs is 1. The predicted octanol–water partition coefficient (Wildman–Crippen LogP) is 3.66. The smallest absolute Gasteiger partial charge is 0.192 e. The molecule has 116 valence electrons. The minimum atomic E-state index is -1.79. The Hall–Kier alpha value is -1.33. The summed E-state index contributed by atoms with van der Waals surface area (Å²) in [5, 5.41) is 0.172. The fourth-order valence-corrected chi connectivity index (χ4v) is 2.84. The van der Waals surface area contributed by atoms with Gasteiger partial charge in [-0.2, -0.15) is 0 Å². The molecular weight excluding hydrogens is 284 g/mol. The molecule has 0 radical (unpaired) electrons. The van der Waals surface area contributed by atoms with Crippen molar-refractivity contribution in [2.75, 3.05) is 13.2 Å². The molecule has 0 bridgehead atoms. The van der Waals surface area contributed by atoms with Gasteiger partial charge in [0.2, 0.25) is 0 Å². The second-order valence-corrected chi connectivity index (χ2v) is 11.8. The Bertz CT molecular complexity index is 519. The third-order valence-corrected chi connectivity index (χ3v) is 8.76. The van der Waals surface area contributed by atoms with Gasteiger partial charge in [-0.3, -0.25) is 4.79 Å². The van der Waals surface area contributed by atoms with Crippen LogP contribution >= 0.6 is 0 Å². The summed E-state index contributed by atoms with van der Waals surface area (Å²) in [6.45, 7) is 12.1. The van der Waals surface area contributed by atoms with E-state index >= 15 is 0 Å². The molecule has 0 N–H and O–H groups in total. The zero-order valence-corrected chi connectivity index (χ0v) is 14.4. The molecule has 0 aliphatic carbocycles. The van der Waals surface area contributed by atoms with Crippen molar-refractivity contribution in [2.45, 2.75) is 45.0 Å². The molecule has 0 spiro atoms. The number of aldehydes is 1. The molecule has 1 heterocycles. The molecule has 1 aromatic rings. The van der Waals surface area contributed by atoms with Crippen LogP contribution in [0.15, 0.2) is 18.2 Å². The standard InChI is InChI=1S/C16H24O4Si/c1-16(2,3)21(4,5)19-11-13-10-18-14-7-6-12(9-17)8-15(14)20-13/h6-9,13H,10-11H2,1-5H3/t13-/m1/s1. The van der Waals surface area contributed by atoms with Crippen molar-refractivity contribution in [1.29, 1.82) is 0 Å². The lowest BCUT2D eigenvalue weighted by Crippen LogP contribution is -2.45. The van der Waals surface area contributed by atoms with Gasteiger partial charge in [0.1, 0.15) is 12.9 Å². The van der Waals surface area contributed by atoms with E-state index in [0.29, 0.717) is 30.3 Å². The van der Waals surface area contributed by atoms with E-state index in [4.69, 9.17) is 13.9 Å². The van der Waals surface area contributed by atoms with Gasteiger partial charge in [-0.05, 0) is 36.3 Å². The molecular formula is C16H24O4Si. The fourth-order valence-electron chi connectivity index (χ4n) is 1.81. The van der Waals surface area contributed by atoms with E-state index in [2.05, 4.69) is 33.9 Å². The van der Waals surface area contributed by atoms with Crippen molar-refractivity contribution in [3.8, 4) is 11.5 Å². The lowest BCUT2D eigenvalue weighted by molar-refractivity contribution is 0.0491. The predicted molar refractivity (Wildman–Crippen MR) is 84.9 cm³/mol.